The highest BCUT2D eigenvalue weighted by Gasteiger charge is 2.11. The lowest BCUT2D eigenvalue weighted by molar-refractivity contribution is 0.102. The minimum Gasteiger partial charge on any atom is -0.369 e. The van der Waals surface area contributed by atoms with Gasteiger partial charge in [-0.3, -0.25) is 4.79 Å². The van der Waals surface area contributed by atoms with E-state index in [9.17, 15) is 4.79 Å². The van der Waals surface area contributed by atoms with Crippen LogP contribution in [0.5, 0.6) is 0 Å². The Morgan fingerprint density at radius 3 is 2.61 bits per heavy atom. The molecule has 28 heavy (non-hydrogen) atoms. The molecule has 0 spiro atoms. The van der Waals surface area contributed by atoms with E-state index in [0.717, 1.165) is 33.1 Å². The summed E-state index contributed by atoms with van der Waals surface area (Å²) in [6.07, 6.45) is 1.87. The van der Waals surface area contributed by atoms with Gasteiger partial charge in [0.25, 0.3) is 5.91 Å². The largest absolute Gasteiger partial charge is 0.369 e. The van der Waals surface area contributed by atoms with Crippen LogP contribution in [0.3, 0.4) is 0 Å². The molecule has 1 amide bonds. The predicted molar refractivity (Wildman–Crippen MR) is 113 cm³/mol. The van der Waals surface area contributed by atoms with E-state index in [-0.39, 0.29) is 11.9 Å². The maximum Gasteiger partial charge on any atom is 0.272 e. The van der Waals surface area contributed by atoms with Gasteiger partial charge in [-0.1, -0.05) is 6.07 Å². The van der Waals surface area contributed by atoms with Gasteiger partial charge >= 0.3 is 0 Å². The van der Waals surface area contributed by atoms with Gasteiger partial charge in [0, 0.05) is 33.7 Å². The van der Waals surface area contributed by atoms with Gasteiger partial charge in [-0.05, 0) is 55.0 Å². The van der Waals surface area contributed by atoms with E-state index in [1.54, 1.807) is 6.07 Å². The number of hydrogen-bond donors (Lipinski definition) is 5. The highest BCUT2D eigenvalue weighted by molar-refractivity contribution is 6.08. The molecular weight excluding hydrogens is 354 g/mol. The molecule has 0 unspecified atom stereocenters. The Kier molecular flexibility index (Phi) is 4.29. The molecule has 8 heteroatoms. The second-order valence-corrected chi connectivity index (χ2v) is 6.43. The summed E-state index contributed by atoms with van der Waals surface area (Å²) in [7, 11) is 0. The number of benzene rings is 2. The standard InChI is InChI=1S/C20H19N7O/c1-11(26-27-20(21)22)12-2-4-17-14(8-12)10-18(25-17)19(28)24-15-3-5-16-13(9-15)6-7-23-16/h2-10,23,25H,1H3,(H,24,28)(H4,21,22,27). The molecule has 0 saturated carbocycles. The summed E-state index contributed by atoms with van der Waals surface area (Å²) in [4.78, 5) is 18.9. The first kappa shape index (κ1) is 17.3. The van der Waals surface area contributed by atoms with Gasteiger partial charge in [0.15, 0.2) is 0 Å². The molecule has 4 rings (SSSR count). The van der Waals surface area contributed by atoms with E-state index >= 15 is 0 Å². The predicted octanol–water partition coefficient (Wildman–Crippen LogP) is 2.90. The van der Waals surface area contributed by atoms with Crippen LogP contribution in [0.25, 0.3) is 21.8 Å². The third-order valence-electron chi connectivity index (χ3n) is 4.41. The summed E-state index contributed by atoms with van der Waals surface area (Å²) >= 11 is 0. The lowest BCUT2D eigenvalue weighted by Crippen LogP contribution is -2.22. The van der Waals surface area contributed by atoms with Gasteiger partial charge in [-0.25, -0.2) is 0 Å². The zero-order valence-corrected chi connectivity index (χ0v) is 15.2. The number of fused-ring (bicyclic) bond motifs is 2. The average Bonchev–Trinajstić information content (AvgIpc) is 3.31. The summed E-state index contributed by atoms with van der Waals surface area (Å²) in [5.74, 6) is -0.308. The van der Waals surface area contributed by atoms with E-state index in [0.29, 0.717) is 11.4 Å². The first-order chi connectivity index (χ1) is 13.5. The fourth-order valence-corrected chi connectivity index (χ4v) is 3.00. The van der Waals surface area contributed by atoms with Crippen molar-refractivity contribution in [3.05, 3.63) is 66.0 Å². The number of amides is 1. The van der Waals surface area contributed by atoms with Gasteiger partial charge in [0.05, 0.1) is 5.71 Å². The molecule has 2 aromatic carbocycles. The minimum atomic E-state index is -0.210. The summed E-state index contributed by atoms with van der Waals surface area (Å²) in [5, 5.41) is 12.5. The van der Waals surface area contributed by atoms with Crippen LogP contribution in [-0.2, 0) is 0 Å². The van der Waals surface area contributed by atoms with Gasteiger partial charge in [-0.15, -0.1) is 5.10 Å². The number of H-pyrrole nitrogens is 2. The number of nitrogens with one attached hydrogen (secondary N) is 3. The van der Waals surface area contributed by atoms with Crippen LogP contribution in [0.15, 0.2) is 64.9 Å². The molecule has 8 nitrogen and oxygen atoms in total. The van der Waals surface area contributed by atoms with Gasteiger partial charge in [0.1, 0.15) is 5.69 Å². The first-order valence-electron chi connectivity index (χ1n) is 8.64. The minimum absolute atomic E-state index is 0.0983. The third-order valence-corrected chi connectivity index (χ3v) is 4.41. The highest BCUT2D eigenvalue weighted by atomic mass is 16.1. The Morgan fingerprint density at radius 2 is 1.79 bits per heavy atom. The number of carbonyl (C=O) groups excluding carboxylic acids is 1. The normalized spacial score (nSPS) is 11.7. The molecule has 0 aliphatic rings. The molecule has 7 N–H and O–H groups in total. The third kappa shape index (κ3) is 3.43. The number of aromatic amines is 2. The van der Waals surface area contributed by atoms with Gasteiger partial charge < -0.3 is 26.8 Å². The number of anilines is 1. The number of hydrogen-bond acceptors (Lipinski definition) is 3. The second kappa shape index (κ2) is 6.92. The van der Waals surface area contributed by atoms with Crippen molar-refractivity contribution in [2.24, 2.45) is 21.7 Å². The smallest absolute Gasteiger partial charge is 0.272 e. The van der Waals surface area contributed by atoms with Crippen LogP contribution in [-0.4, -0.2) is 27.5 Å². The number of nitrogens with zero attached hydrogens (tertiary/aromatic N) is 2. The lowest BCUT2D eigenvalue weighted by atomic mass is 10.1. The summed E-state index contributed by atoms with van der Waals surface area (Å²) in [6.45, 7) is 1.81. The van der Waals surface area contributed by atoms with Crippen molar-refractivity contribution in [2.75, 3.05) is 5.32 Å². The molecule has 0 saturated heterocycles. The van der Waals surface area contributed by atoms with Gasteiger partial charge in [0.2, 0.25) is 5.96 Å². The Hall–Kier alpha value is -4.07. The van der Waals surface area contributed by atoms with Crippen molar-refractivity contribution < 1.29 is 4.79 Å². The number of guanidine groups is 1. The molecule has 0 bridgehead atoms. The molecule has 0 radical (unpaired) electrons. The quantitative estimate of drug-likeness (QED) is 0.214. The highest BCUT2D eigenvalue weighted by Crippen LogP contribution is 2.21. The van der Waals surface area contributed by atoms with Crippen molar-refractivity contribution in [1.29, 1.82) is 0 Å². The number of rotatable bonds is 4. The lowest BCUT2D eigenvalue weighted by Gasteiger charge is -2.03. The molecule has 0 aliphatic carbocycles. The zero-order chi connectivity index (χ0) is 19.7. The van der Waals surface area contributed by atoms with Crippen LogP contribution in [0.4, 0.5) is 5.69 Å². The number of carbonyl (C=O) groups is 1. The van der Waals surface area contributed by atoms with Crippen LogP contribution in [0, 0.1) is 0 Å². The molecule has 140 valence electrons. The van der Waals surface area contributed by atoms with Crippen molar-refractivity contribution in [1.82, 2.24) is 9.97 Å². The fourth-order valence-electron chi connectivity index (χ4n) is 3.00. The van der Waals surface area contributed by atoms with E-state index in [4.69, 9.17) is 11.5 Å². The molecule has 2 aromatic heterocycles. The van der Waals surface area contributed by atoms with E-state index in [2.05, 4.69) is 25.5 Å². The molecule has 0 aliphatic heterocycles. The van der Waals surface area contributed by atoms with Crippen molar-refractivity contribution in [3.63, 3.8) is 0 Å². The average molecular weight is 373 g/mol. The van der Waals surface area contributed by atoms with E-state index in [1.165, 1.54) is 0 Å². The van der Waals surface area contributed by atoms with E-state index < -0.39 is 0 Å². The van der Waals surface area contributed by atoms with Crippen molar-refractivity contribution in [3.8, 4) is 0 Å². The Bertz CT molecular complexity index is 1240. The molecule has 0 atom stereocenters. The number of nitrogens with two attached hydrogens (primary N) is 2. The maximum atomic E-state index is 12.6. The van der Waals surface area contributed by atoms with Gasteiger partial charge in [-0.2, -0.15) is 5.10 Å². The van der Waals surface area contributed by atoms with Crippen LogP contribution in [0.1, 0.15) is 23.0 Å². The van der Waals surface area contributed by atoms with Crippen LogP contribution >= 0.6 is 0 Å². The summed E-state index contributed by atoms with van der Waals surface area (Å²) in [6, 6.07) is 15.2. The van der Waals surface area contributed by atoms with Crippen LogP contribution in [0.2, 0.25) is 0 Å². The monoisotopic (exact) mass is 373 g/mol. The summed E-state index contributed by atoms with van der Waals surface area (Å²) in [5.41, 5.74) is 15.2. The fraction of sp³-hybridized carbons (Fsp3) is 0.0500. The Morgan fingerprint density at radius 1 is 0.964 bits per heavy atom. The van der Waals surface area contributed by atoms with Crippen molar-refractivity contribution in [2.45, 2.75) is 6.92 Å². The second-order valence-electron chi connectivity index (χ2n) is 6.43. The molecule has 4 aromatic rings. The SMILES string of the molecule is CC(=NN=C(N)N)c1ccc2[nH]c(C(=O)Nc3ccc4[nH]ccc4c3)cc2c1. The number of aromatic nitrogens is 2. The van der Waals surface area contributed by atoms with Crippen molar-refractivity contribution >= 4 is 45.1 Å². The zero-order valence-electron chi connectivity index (χ0n) is 15.2. The summed E-state index contributed by atoms with van der Waals surface area (Å²) < 4.78 is 0. The maximum absolute atomic E-state index is 12.6. The topological polar surface area (TPSA) is 137 Å². The Labute approximate surface area is 160 Å². The Balaban J connectivity index is 1.59. The molecular formula is C20H19N7O. The van der Waals surface area contributed by atoms with Crippen LogP contribution < -0.4 is 16.8 Å². The molecule has 2 heterocycles. The first-order valence-corrected chi connectivity index (χ1v) is 8.64. The molecule has 0 fully saturated rings. The van der Waals surface area contributed by atoms with E-state index in [1.807, 2.05) is 55.6 Å².